The second-order valence-electron chi connectivity index (χ2n) is 3.34. The largest absolute Gasteiger partial charge is 0.495 e. The van der Waals surface area contributed by atoms with E-state index in [2.05, 4.69) is 9.88 Å². The maximum absolute atomic E-state index is 5.21. The molecule has 0 aromatic carbocycles. The highest BCUT2D eigenvalue weighted by Gasteiger charge is 2.05. The molecule has 3 heteroatoms. The average molecular weight is 180 g/mol. The zero-order valence-electron chi connectivity index (χ0n) is 8.66. The number of aromatic nitrogens is 1. The summed E-state index contributed by atoms with van der Waals surface area (Å²) in [6.07, 6.45) is 0. The normalized spacial score (nSPS) is 10.5. The zero-order valence-corrected chi connectivity index (χ0v) is 8.66. The molecular formula is C10H16N2O. The number of ether oxygens (including phenoxy) is 1. The van der Waals surface area contributed by atoms with Crippen LogP contribution in [-0.2, 0) is 6.54 Å². The molecule has 0 saturated carbocycles. The molecule has 0 amide bonds. The molecule has 0 spiro atoms. The zero-order chi connectivity index (χ0) is 9.84. The Labute approximate surface area is 79.3 Å². The molecule has 0 unspecified atom stereocenters. The van der Waals surface area contributed by atoms with E-state index in [1.54, 1.807) is 7.11 Å². The van der Waals surface area contributed by atoms with Gasteiger partial charge in [0.1, 0.15) is 5.75 Å². The predicted octanol–water partition coefficient (Wildman–Crippen LogP) is 1.46. The summed E-state index contributed by atoms with van der Waals surface area (Å²) in [6.45, 7) is 2.80. The maximum atomic E-state index is 5.21. The van der Waals surface area contributed by atoms with E-state index in [1.165, 1.54) is 0 Å². The van der Waals surface area contributed by atoms with Crippen LogP contribution >= 0.6 is 0 Å². The van der Waals surface area contributed by atoms with Crippen molar-refractivity contribution in [1.29, 1.82) is 0 Å². The molecule has 13 heavy (non-hydrogen) atoms. The standard InChI is InChI=1S/C10H16N2O/c1-8-5-6-10(13-4)9(11-8)7-12(2)3/h5-6H,7H2,1-4H3. The molecule has 0 fully saturated rings. The van der Waals surface area contributed by atoms with Crippen LogP contribution in [0.25, 0.3) is 0 Å². The van der Waals surface area contributed by atoms with Gasteiger partial charge in [-0.3, -0.25) is 4.98 Å². The minimum Gasteiger partial charge on any atom is -0.495 e. The maximum Gasteiger partial charge on any atom is 0.141 e. The fraction of sp³-hybridized carbons (Fsp3) is 0.500. The first-order valence-electron chi connectivity index (χ1n) is 4.28. The van der Waals surface area contributed by atoms with E-state index in [9.17, 15) is 0 Å². The number of nitrogens with zero attached hydrogens (tertiary/aromatic N) is 2. The monoisotopic (exact) mass is 180 g/mol. The molecular weight excluding hydrogens is 164 g/mol. The number of pyridine rings is 1. The third-order valence-electron chi connectivity index (χ3n) is 1.76. The van der Waals surface area contributed by atoms with Crippen LogP contribution in [0.15, 0.2) is 12.1 Å². The van der Waals surface area contributed by atoms with Crippen molar-refractivity contribution in [2.45, 2.75) is 13.5 Å². The Morgan fingerprint density at radius 1 is 1.38 bits per heavy atom. The van der Waals surface area contributed by atoms with Crippen molar-refractivity contribution in [3.8, 4) is 5.75 Å². The molecule has 0 aliphatic carbocycles. The third-order valence-corrected chi connectivity index (χ3v) is 1.76. The van der Waals surface area contributed by atoms with Gasteiger partial charge in [-0.15, -0.1) is 0 Å². The number of rotatable bonds is 3. The van der Waals surface area contributed by atoms with Crippen LogP contribution in [0.4, 0.5) is 0 Å². The van der Waals surface area contributed by atoms with Crippen molar-refractivity contribution >= 4 is 0 Å². The smallest absolute Gasteiger partial charge is 0.141 e. The Morgan fingerprint density at radius 3 is 2.62 bits per heavy atom. The number of hydrogen-bond acceptors (Lipinski definition) is 3. The Morgan fingerprint density at radius 2 is 2.08 bits per heavy atom. The number of methoxy groups -OCH3 is 1. The summed E-state index contributed by atoms with van der Waals surface area (Å²) in [5.41, 5.74) is 2.02. The van der Waals surface area contributed by atoms with Crippen LogP contribution in [0.2, 0.25) is 0 Å². The molecule has 72 valence electrons. The highest BCUT2D eigenvalue weighted by molar-refractivity contribution is 5.28. The lowest BCUT2D eigenvalue weighted by Gasteiger charge is -2.12. The first-order valence-corrected chi connectivity index (χ1v) is 4.28. The third kappa shape index (κ3) is 2.70. The Balaban J connectivity index is 2.94. The van der Waals surface area contributed by atoms with E-state index in [0.717, 1.165) is 23.7 Å². The van der Waals surface area contributed by atoms with E-state index in [1.807, 2.05) is 33.2 Å². The Bertz CT molecular complexity index is 284. The van der Waals surface area contributed by atoms with Gasteiger partial charge in [-0.05, 0) is 33.2 Å². The van der Waals surface area contributed by atoms with E-state index in [-0.39, 0.29) is 0 Å². The number of aryl methyl sites for hydroxylation is 1. The van der Waals surface area contributed by atoms with Gasteiger partial charge in [0.25, 0.3) is 0 Å². The van der Waals surface area contributed by atoms with Crippen molar-refractivity contribution < 1.29 is 4.74 Å². The van der Waals surface area contributed by atoms with Gasteiger partial charge in [-0.2, -0.15) is 0 Å². The quantitative estimate of drug-likeness (QED) is 0.704. The van der Waals surface area contributed by atoms with Gasteiger partial charge in [0.15, 0.2) is 0 Å². The van der Waals surface area contributed by atoms with E-state index in [4.69, 9.17) is 4.74 Å². The van der Waals surface area contributed by atoms with E-state index < -0.39 is 0 Å². The molecule has 0 saturated heterocycles. The molecule has 0 atom stereocenters. The second-order valence-corrected chi connectivity index (χ2v) is 3.34. The van der Waals surface area contributed by atoms with Crippen LogP contribution in [0, 0.1) is 6.92 Å². The summed E-state index contributed by atoms with van der Waals surface area (Å²) in [4.78, 5) is 6.49. The Kier molecular flexibility index (Phi) is 3.25. The van der Waals surface area contributed by atoms with Crippen LogP contribution in [0.5, 0.6) is 5.75 Å². The van der Waals surface area contributed by atoms with Gasteiger partial charge in [-0.25, -0.2) is 0 Å². The second kappa shape index (κ2) is 4.23. The summed E-state index contributed by atoms with van der Waals surface area (Å²) in [6, 6.07) is 3.92. The molecule has 0 aliphatic heterocycles. The molecule has 1 rings (SSSR count). The van der Waals surface area contributed by atoms with E-state index >= 15 is 0 Å². The first-order chi connectivity index (χ1) is 6.13. The molecule has 0 aliphatic rings. The predicted molar refractivity (Wildman–Crippen MR) is 52.9 cm³/mol. The van der Waals surface area contributed by atoms with Gasteiger partial charge < -0.3 is 9.64 Å². The summed E-state index contributed by atoms with van der Waals surface area (Å²) in [5, 5.41) is 0. The van der Waals surface area contributed by atoms with Gasteiger partial charge >= 0.3 is 0 Å². The molecule has 3 nitrogen and oxygen atoms in total. The van der Waals surface area contributed by atoms with Gasteiger partial charge in [0, 0.05) is 12.2 Å². The topological polar surface area (TPSA) is 25.4 Å². The van der Waals surface area contributed by atoms with Crippen LogP contribution in [0.3, 0.4) is 0 Å². The molecule has 1 heterocycles. The summed E-state index contributed by atoms with van der Waals surface area (Å²) in [7, 11) is 5.71. The summed E-state index contributed by atoms with van der Waals surface area (Å²) < 4.78 is 5.21. The summed E-state index contributed by atoms with van der Waals surface area (Å²) in [5.74, 6) is 0.860. The summed E-state index contributed by atoms with van der Waals surface area (Å²) >= 11 is 0. The van der Waals surface area contributed by atoms with Gasteiger partial charge in [0.2, 0.25) is 0 Å². The lowest BCUT2D eigenvalue weighted by Crippen LogP contribution is -2.13. The van der Waals surface area contributed by atoms with Crippen molar-refractivity contribution in [1.82, 2.24) is 9.88 Å². The van der Waals surface area contributed by atoms with Gasteiger partial charge in [0.05, 0.1) is 12.8 Å². The SMILES string of the molecule is COc1ccc(C)nc1CN(C)C. The van der Waals surface area contributed by atoms with Crippen molar-refractivity contribution in [2.24, 2.45) is 0 Å². The lowest BCUT2D eigenvalue weighted by atomic mass is 10.3. The fourth-order valence-electron chi connectivity index (χ4n) is 1.20. The highest BCUT2D eigenvalue weighted by Crippen LogP contribution is 2.16. The first kappa shape index (κ1) is 9.99. The molecule has 1 aromatic heterocycles. The minimum absolute atomic E-state index is 0.810. The fourth-order valence-corrected chi connectivity index (χ4v) is 1.20. The van der Waals surface area contributed by atoms with Crippen molar-refractivity contribution in [2.75, 3.05) is 21.2 Å². The Hall–Kier alpha value is -1.09. The van der Waals surface area contributed by atoms with Crippen LogP contribution in [-0.4, -0.2) is 31.1 Å². The molecule has 1 aromatic rings. The average Bonchev–Trinajstić information content (AvgIpc) is 2.03. The van der Waals surface area contributed by atoms with Crippen molar-refractivity contribution in [3.05, 3.63) is 23.5 Å². The molecule has 0 bridgehead atoms. The molecule has 0 N–H and O–H groups in total. The van der Waals surface area contributed by atoms with Gasteiger partial charge in [-0.1, -0.05) is 0 Å². The minimum atomic E-state index is 0.810. The number of hydrogen-bond donors (Lipinski definition) is 0. The van der Waals surface area contributed by atoms with Crippen LogP contribution < -0.4 is 4.74 Å². The lowest BCUT2D eigenvalue weighted by molar-refractivity contribution is 0.365. The van der Waals surface area contributed by atoms with Crippen molar-refractivity contribution in [3.63, 3.8) is 0 Å². The molecule has 0 radical (unpaired) electrons. The van der Waals surface area contributed by atoms with Crippen LogP contribution in [0.1, 0.15) is 11.4 Å². The highest BCUT2D eigenvalue weighted by atomic mass is 16.5. The van der Waals surface area contributed by atoms with E-state index in [0.29, 0.717) is 0 Å².